The number of benzene rings is 2. The Balaban J connectivity index is 1.29. The van der Waals surface area contributed by atoms with Crippen molar-refractivity contribution in [3.8, 4) is 5.75 Å². The van der Waals surface area contributed by atoms with Crippen molar-refractivity contribution in [2.24, 2.45) is 0 Å². The second kappa shape index (κ2) is 10.2. The number of carbonyl (C=O) groups excluding carboxylic acids is 1. The summed E-state index contributed by atoms with van der Waals surface area (Å²) in [5.74, 6) is 2.36. The van der Waals surface area contributed by atoms with Crippen molar-refractivity contribution < 1.29 is 9.53 Å². The van der Waals surface area contributed by atoms with Gasteiger partial charge in [0.15, 0.2) is 5.16 Å². The number of piperidine rings is 1. The number of ether oxygens (including phenoxy) is 1. The van der Waals surface area contributed by atoms with Gasteiger partial charge >= 0.3 is 0 Å². The lowest BCUT2D eigenvalue weighted by atomic mass is 10.1. The van der Waals surface area contributed by atoms with Gasteiger partial charge in [-0.25, -0.2) is 0 Å². The molecule has 7 heteroatoms. The lowest BCUT2D eigenvalue weighted by Crippen LogP contribution is -2.42. The monoisotopic (exact) mass is 450 g/mol. The predicted molar refractivity (Wildman–Crippen MR) is 127 cm³/mol. The van der Waals surface area contributed by atoms with Crippen molar-refractivity contribution in [1.29, 1.82) is 0 Å². The Kier molecular flexibility index (Phi) is 7.15. The van der Waals surface area contributed by atoms with Crippen LogP contribution in [0.4, 0.5) is 0 Å². The molecule has 1 aromatic heterocycles. The molecule has 3 aromatic rings. The largest absolute Gasteiger partial charge is 0.490 e. The fraction of sp³-hybridized carbons (Fsp3) is 0.400. The molecule has 0 unspecified atom stereocenters. The van der Waals surface area contributed by atoms with Gasteiger partial charge in [0, 0.05) is 25.9 Å². The Morgan fingerprint density at radius 2 is 1.69 bits per heavy atom. The van der Waals surface area contributed by atoms with E-state index in [4.69, 9.17) is 4.74 Å². The van der Waals surface area contributed by atoms with Gasteiger partial charge in [-0.2, -0.15) is 0 Å². The number of rotatable bonds is 7. The maximum Gasteiger partial charge on any atom is 0.233 e. The van der Waals surface area contributed by atoms with Gasteiger partial charge in [0.25, 0.3) is 0 Å². The maximum atomic E-state index is 12.8. The molecule has 6 nitrogen and oxygen atoms in total. The molecular formula is C25H30N4O2S. The van der Waals surface area contributed by atoms with Crippen molar-refractivity contribution in [3.05, 3.63) is 71.0 Å². The molecule has 4 rings (SSSR count). The number of hydrogen-bond acceptors (Lipinski definition) is 5. The van der Waals surface area contributed by atoms with Crippen molar-refractivity contribution in [1.82, 2.24) is 19.7 Å². The molecule has 1 aliphatic heterocycles. The highest BCUT2D eigenvalue weighted by atomic mass is 32.2. The Labute approximate surface area is 194 Å². The zero-order valence-electron chi connectivity index (χ0n) is 19.0. The predicted octanol–water partition coefficient (Wildman–Crippen LogP) is 4.41. The van der Waals surface area contributed by atoms with Crippen molar-refractivity contribution >= 4 is 17.7 Å². The molecule has 1 amide bonds. The number of hydrogen-bond donors (Lipinski definition) is 0. The Morgan fingerprint density at radius 3 is 2.38 bits per heavy atom. The third-order valence-electron chi connectivity index (χ3n) is 5.90. The van der Waals surface area contributed by atoms with Gasteiger partial charge in [-0.05, 0) is 37.5 Å². The Hall–Kier alpha value is -2.80. The van der Waals surface area contributed by atoms with E-state index in [0.29, 0.717) is 12.3 Å². The highest BCUT2D eigenvalue weighted by Gasteiger charge is 2.25. The van der Waals surface area contributed by atoms with Gasteiger partial charge in [-0.1, -0.05) is 60.3 Å². The Bertz CT molecular complexity index is 1040. The van der Waals surface area contributed by atoms with E-state index in [2.05, 4.69) is 58.9 Å². The van der Waals surface area contributed by atoms with Gasteiger partial charge in [-0.3, -0.25) is 4.79 Å². The van der Waals surface area contributed by atoms with E-state index in [1.54, 1.807) is 0 Å². The van der Waals surface area contributed by atoms with E-state index >= 15 is 0 Å². The van der Waals surface area contributed by atoms with Crippen molar-refractivity contribution in [3.63, 3.8) is 0 Å². The van der Waals surface area contributed by atoms with E-state index in [-0.39, 0.29) is 12.0 Å². The fourth-order valence-electron chi connectivity index (χ4n) is 4.01. The number of thioether (sulfide) groups is 1. The molecule has 32 heavy (non-hydrogen) atoms. The third kappa shape index (κ3) is 5.33. The van der Waals surface area contributed by atoms with E-state index in [1.807, 2.05) is 30.0 Å². The zero-order valence-corrected chi connectivity index (χ0v) is 19.8. The lowest BCUT2D eigenvalue weighted by molar-refractivity contribution is -0.130. The number of nitrogens with zero attached hydrogens (tertiary/aromatic N) is 4. The molecule has 0 N–H and O–H groups in total. The van der Waals surface area contributed by atoms with Crippen LogP contribution in [0.3, 0.4) is 0 Å². The van der Waals surface area contributed by atoms with Crippen LogP contribution in [0, 0.1) is 20.8 Å². The summed E-state index contributed by atoms with van der Waals surface area (Å²) in [7, 11) is 0. The van der Waals surface area contributed by atoms with Crippen molar-refractivity contribution in [2.75, 3.05) is 18.8 Å². The molecule has 168 valence electrons. The fourth-order valence-corrected chi connectivity index (χ4v) is 4.89. The first-order valence-electron chi connectivity index (χ1n) is 11.1. The minimum atomic E-state index is 0.146. The molecule has 1 aliphatic rings. The third-order valence-corrected chi connectivity index (χ3v) is 6.85. The van der Waals surface area contributed by atoms with Gasteiger partial charge < -0.3 is 14.2 Å². The van der Waals surface area contributed by atoms with Crippen LogP contribution in [-0.4, -0.2) is 50.5 Å². The number of aryl methyl sites for hydroxylation is 3. The number of carbonyl (C=O) groups is 1. The van der Waals surface area contributed by atoms with Crippen LogP contribution >= 0.6 is 11.8 Å². The summed E-state index contributed by atoms with van der Waals surface area (Å²) in [5.41, 5.74) is 3.51. The second-order valence-corrected chi connectivity index (χ2v) is 9.25. The normalized spacial score (nSPS) is 14.5. The van der Waals surface area contributed by atoms with Crippen LogP contribution in [0.15, 0.2) is 53.7 Å². The summed E-state index contributed by atoms with van der Waals surface area (Å²) in [6.07, 6.45) is 1.86. The molecule has 0 radical (unpaired) electrons. The van der Waals surface area contributed by atoms with Crippen LogP contribution in [0.5, 0.6) is 5.75 Å². The minimum absolute atomic E-state index is 0.146. The molecule has 2 aromatic carbocycles. The number of amides is 1. The molecule has 0 saturated carbocycles. The quantitative estimate of drug-likeness (QED) is 0.499. The number of likely N-dealkylation sites (tertiary alicyclic amines) is 1. The number of aromatic nitrogens is 3. The Morgan fingerprint density at radius 1 is 1.00 bits per heavy atom. The standard InChI is InChI=1S/C25H30N4O2S/c1-18-8-7-9-19(2)24(18)31-22-12-14-28(15-13-22)23(30)17-32-25-27-26-20(3)29(25)16-21-10-5-4-6-11-21/h4-11,22H,12-17H2,1-3H3. The van der Waals surface area contributed by atoms with Gasteiger partial charge in [-0.15, -0.1) is 10.2 Å². The van der Waals surface area contributed by atoms with Crippen LogP contribution < -0.4 is 4.74 Å². The van der Waals surface area contributed by atoms with E-state index in [0.717, 1.165) is 53.8 Å². The smallest absolute Gasteiger partial charge is 0.233 e. The molecular weight excluding hydrogens is 420 g/mol. The first kappa shape index (κ1) is 22.4. The summed E-state index contributed by atoms with van der Waals surface area (Å²) in [6.45, 7) is 8.27. The number of para-hydroxylation sites is 1. The summed E-state index contributed by atoms with van der Waals surface area (Å²) >= 11 is 1.46. The second-order valence-electron chi connectivity index (χ2n) is 8.31. The van der Waals surface area contributed by atoms with Crippen LogP contribution in [-0.2, 0) is 11.3 Å². The van der Waals surface area contributed by atoms with Crippen molar-refractivity contribution in [2.45, 2.75) is 51.4 Å². The first-order valence-corrected chi connectivity index (χ1v) is 12.1. The minimum Gasteiger partial charge on any atom is -0.490 e. The topological polar surface area (TPSA) is 60.2 Å². The maximum absolute atomic E-state index is 12.8. The first-order chi connectivity index (χ1) is 15.5. The van der Waals surface area contributed by atoms with Gasteiger partial charge in [0.05, 0.1) is 12.3 Å². The molecule has 0 aliphatic carbocycles. The zero-order chi connectivity index (χ0) is 22.5. The molecule has 0 spiro atoms. The highest BCUT2D eigenvalue weighted by Crippen LogP contribution is 2.27. The molecule has 1 saturated heterocycles. The summed E-state index contributed by atoms with van der Waals surface area (Å²) in [4.78, 5) is 14.8. The molecule has 1 fully saturated rings. The lowest BCUT2D eigenvalue weighted by Gasteiger charge is -2.32. The van der Waals surface area contributed by atoms with E-state index in [1.165, 1.54) is 17.3 Å². The summed E-state index contributed by atoms with van der Waals surface area (Å²) in [6, 6.07) is 16.4. The van der Waals surface area contributed by atoms with Crippen LogP contribution in [0.2, 0.25) is 0 Å². The van der Waals surface area contributed by atoms with Gasteiger partial charge in [0.2, 0.25) is 5.91 Å². The highest BCUT2D eigenvalue weighted by molar-refractivity contribution is 7.99. The van der Waals surface area contributed by atoms with E-state index < -0.39 is 0 Å². The average molecular weight is 451 g/mol. The van der Waals surface area contributed by atoms with E-state index in [9.17, 15) is 4.79 Å². The van der Waals surface area contributed by atoms with Gasteiger partial charge in [0.1, 0.15) is 17.7 Å². The summed E-state index contributed by atoms with van der Waals surface area (Å²) < 4.78 is 8.35. The SMILES string of the molecule is Cc1cccc(C)c1OC1CCN(C(=O)CSc2nnc(C)n2Cc2ccccc2)CC1. The average Bonchev–Trinajstić information content (AvgIpc) is 3.15. The molecule has 0 atom stereocenters. The van der Waals surface area contributed by atoms with Crippen LogP contribution in [0.25, 0.3) is 0 Å². The van der Waals surface area contributed by atoms with Crippen LogP contribution in [0.1, 0.15) is 35.4 Å². The summed E-state index contributed by atoms with van der Waals surface area (Å²) in [5, 5.41) is 9.29. The molecule has 2 heterocycles. The molecule has 0 bridgehead atoms.